The molecule has 0 heterocycles. The highest BCUT2D eigenvalue weighted by atomic mass is 19.4. The molecule has 0 aliphatic carbocycles. The Balaban J connectivity index is 2.52. The Morgan fingerprint density at radius 3 is 2.58 bits per heavy atom. The fourth-order valence-corrected chi connectivity index (χ4v) is 1.70. The van der Waals surface area contributed by atoms with Crippen molar-refractivity contribution in [1.82, 2.24) is 5.32 Å². The lowest BCUT2D eigenvalue weighted by Gasteiger charge is -2.12. The second-order valence-electron chi connectivity index (χ2n) is 4.15. The fourth-order valence-electron chi connectivity index (χ4n) is 1.70. The summed E-state index contributed by atoms with van der Waals surface area (Å²) in [6, 6.07) is 5.38. The molecule has 6 heteroatoms. The molecule has 0 atom stereocenters. The van der Waals surface area contributed by atoms with Crippen LogP contribution in [0.15, 0.2) is 24.3 Å². The van der Waals surface area contributed by atoms with Gasteiger partial charge in [-0.2, -0.15) is 13.2 Å². The van der Waals surface area contributed by atoms with Crippen LogP contribution in [0, 0.1) is 0 Å². The molecule has 0 spiro atoms. The first-order chi connectivity index (χ1) is 8.95. The Labute approximate surface area is 110 Å². The van der Waals surface area contributed by atoms with E-state index in [0.29, 0.717) is 19.4 Å². The first kappa shape index (κ1) is 15.5. The van der Waals surface area contributed by atoms with Crippen molar-refractivity contribution in [3.63, 3.8) is 0 Å². The summed E-state index contributed by atoms with van der Waals surface area (Å²) < 4.78 is 38.1. The minimum absolute atomic E-state index is 0.157. The topological polar surface area (TPSA) is 55.1 Å². The summed E-state index contributed by atoms with van der Waals surface area (Å²) in [5, 5.41) is 2.58. The number of nitrogens with two attached hydrogens (primary N) is 1. The van der Waals surface area contributed by atoms with Gasteiger partial charge in [-0.15, -0.1) is 0 Å². The molecule has 3 N–H and O–H groups in total. The smallest absolute Gasteiger partial charge is 0.356 e. The monoisotopic (exact) mass is 274 g/mol. The summed E-state index contributed by atoms with van der Waals surface area (Å²) in [6.07, 6.45) is -3.33. The van der Waals surface area contributed by atoms with Gasteiger partial charge in [-0.25, -0.2) is 0 Å². The number of carbonyl (C=O) groups is 1. The van der Waals surface area contributed by atoms with E-state index in [0.717, 1.165) is 6.07 Å². The van der Waals surface area contributed by atoms with Crippen LogP contribution in [0.25, 0.3) is 0 Å². The van der Waals surface area contributed by atoms with E-state index in [9.17, 15) is 18.0 Å². The van der Waals surface area contributed by atoms with E-state index in [-0.39, 0.29) is 24.4 Å². The predicted octanol–water partition coefficient (Wildman–Crippen LogP) is 2.10. The summed E-state index contributed by atoms with van der Waals surface area (Å²) in [5.74, 6) is -0.185. The molecule has 106 valence electrons. The number of alkyl halides is 3. The highest BCUT2D eigenvalue weighted by Gasteiger charge is 2.32. The number of benzene rings is 1. The highest BCUT2D eigenvalue weighted by Crippen LogP contribution is 2.31. The normalized spacial score (nSPS) is 11.4. The number of nitrogens with one attached hydrogen (secondary N) is 1. The van der Waals surface area contributed by atoms with E-state index in [2.05, 4.69) is 5.32 Å². The summed E-state index contributed by atoms with van der Waals surface area (Å²) in [7, 11) is 0. The van der Waals surface area contributed by atoms with E-state index in [1.54, 1.807) is 6.07 Å². The van der Waals surface area contributed by atoms with Crippen molar-refractivity contribution in [2.45, 2.75) is 25.4 Å². The molecule has 0 radical (unpaired) electrons. The summed E-state index contributed by atoms with van der Waals surface area (Å²) in [5.41, 5.74) is 4.80. The molecule has 0 fully saturated rings. The maximum atomic E-state index is 12.7. The van der Waals surface area contributed by atoms with Crippen LogP contribution in [0.3, 0.4) is 0 Å². The largest absolute Gasteiger partial charge is 0.416 e. The van der Waals surface area contributed by atoms with Crippen LogP contribution in [0.1, 0.15) is 24.0 Å². The Hall–Kier alpha value is -1.56. The van der Waals surface area contributed by atoms with E-state index in [1.807, 2.05) is 0 Å². The molecule has 3 nitrogen and oxygen atoms in total. The summed E-state index contributed by atoms with van der Waals surface area (Å²) >= 11 is 0. The molecule has 19 heavy (non-hydrogen) atoms. The second-order valence-corrected chi connectivity index (χ2v) is 4.15. The van der Waals surface area contributed by atoms with Gasteiger partial charge in [0.25, 0.3) is 0 Å². The zero-order chi connectivity index (χ0) is 14.3. The lowest BCUT2D eigenvalue weighted by atomic mass is 10.0. The molecule has 1 rings (SSSR count). The van der Waals surface area contributed by atoms with Gasteiger partial charge in [-0.1, -0.05) is 18.2 Å². The van der Waals surface area contributed by atoms with E-state index in [1.165, 1.54) is 12.1 Å². The molecular weight excluding hydrogens is 257 g/mol. The fraction of sp³-hybridized carbons (Fsp3) is 0.462. The Bertz CT molecular complexity index is 419. The van der Waals surface area contributed by atoms with Crippen molar-refractivity contribution in [3.8, 4) is 0 Å². The molecule has 0 aromatic heterocycles. The minimum Gasteiger partial charge on any atom is -0.356 e. The average molecular weight is 274 g/mol. The molecule has 0 aliphatic heterocycles. The molecule has 1 amide bonds. The number of rotatable bonds is 6. The van der Waals surface area contributed by atoms with Crippen LogP contribution < -0.4 is 11.1 Å². The van der Waals surface area contributed by atoms with Crippen molar-refractivity contribution in [2.75, 3.05) is 13.1 Å². The standard InChI is InChI=1S/C13H17F3N2O/c14-13(15,16)11-5-2-1-4-10(11)7-9-18-12(19)6-3-8-17/h1-2,4-5H,3,6-9,17H2,(H,18,19). The number of hydrogen-bond donors (Lipinski definition) is 2. The average Bonchev–Trinajstić information content (AvgIpc) is 2.35. The van der Waals surface area contributed by atoms with Gasteiger partial charge in [-0.3, -0.25) is 4.79 Å². The van der Waals surface area contributed by atoms with Gasteiger partial charge in [0, 0.05) is 13.0 Å². The van der Waals surface area contributed by atoms with Crippen molar-refractivity contribution >= 4 is 5.91 Å². The second kappa shape index (κ2) is 7.13. The van der Waals surface area contributed by atoms with Crippen LogP contribution in [0.5, 0.6) is 0 Å². The third kappa shape index (κ3) is 5.30. The Morgan fingerprint density at radius 1 is 1.26 bits per heavy atom. The zero-order valence-electron chi connectivity index (χ0n) is 10.5. The lowest BCUT2D eigenvalue weighted by Crippen LogP contribution is -2.26. The first-order valence-electron chi connectivity index (χ1n) is 6.07. The maximum absolute atomic E-state index is 12.7. The van der Waals surface area contributed by atoms with E-state index in [4.69, 9.17) is 5.73 Å². The van der Waals surface area contributed by atoms with Crippen molar-refractivity contribution < 1.29 is 18.0 Å². The third-order valence-electron chi connectivity index (χ3n) is 2.65. The molecule has 0 saturated carbocycles. The van der Waals surface area contributed by atoms with Gasteiger partial charge in [0.2, 0.25) is 5.91 Å². The molecule has 0 bridgehead atoms. The number of halogens is 3. The summed E-state index contributed by atoms with van der Waals surface area (Å²) in [4.78, 5) is 11.3. The lowest BCUT2D eigenvalue weighted by molar-refractivity contribution is -0.138. The number of carbonyl (C=O) groups excluding carboxylic acids is 1. The summed E-state index contributed by atoms with van der Waals surface area (Å²) in [6.45, 7) is 0.612. The predicted molar refractivity (Wildman–Crippen MR) is 66.4 cm³/mol. The van der Waals surface area contributed by atoms with Crippen LogP contribution in [0.4, 0.5) is 13.2 Å². The highest BCUT2D eigenvalue weighted by molar-refractivity contribution is 5.75. The van der Waals surface area contributed by atoms with Crippen LogP contribution in [-0.4, -0.2) is 19.0 Å². The molecule has 0 unspecified atom stereocenters. The van der Waals surface area contributed by atoms with Gasteiger partial charge >= 0.3 is 6.18 Å². The van der Waals surface area contributed by atoms with Gasteiger partial charge in [0.1, 0.15) is 0 Å². The molecular formula is C13H17F3N2O. The third-order valence-corrected chi connectivity index (χ3v) is 2.65. The van der Waals surface area contributed by atoms with Crippen LogP contribution in [-0.2, 0) is 17.4 Å². The molecule has 0 saturated heterocycles. The minimum atomic E-state index is -4.36. The van der Waals surface area contributed by atoms with Crippen molar-refractivity contribution in [1.29, 1.82) is 0 Å². The van der Waals surface area contributed by atoms with E-state index >= 15 is 0 Å². The van der Waals surface area contributed by atoms with Gasteiger partial charge < -0.3 is 11.1 Å². The van der Waals surface area contributed by atoms with Gasteiger partial charge in [-0.05, 0) is 31.0 Å². The van der Waals surface area contributed by atoms with Crippen molar-refractivity contribution in [3.05, 3.63) is 35.4 Å². The number of hydrogen-bond acceptors (Lipinski definition) is 2. The Kier molecular flexibility index (Phi) is 5.82. The molecule has 1 aromatic rings. The quantitative estimate of drug-likeness (QED) is 0.834. The van der Waals surface area contributed by atoms with Gasteiger partial charge in [0.15, 0.2) is 0 Å². The SMILES string of the molecule is NCCCC(=O)NCCc1ccccc1C(F)(F)F. The van der Waals surface area contributed by atoms with Crippen LogP contribution >= 0.6 is 0 Å². The number of amides is 1. The molecule has 1 aromatic carbocycles. The van der Waals surface area contributed by atoms with Crippen LogP contribution in [0.2, 0.25) is 0 Å². The van der Waals surface area contributed by atoms with Gasteiger partial charge in [0.05, 0.1) is 5.56 Å². The van der Waals surface area contributed by atoms with E-state index < -0.39 is 11.7 Å². The zero-order valence-corrected chi connectivity index (χ0v) is 10.5. The van der Waals surface area contributed by atoms with Crippen molar-refractivity contribution in [2.24, 2.45) is 5.73 Å². The maximum Gasteiger partial charge on any atom is 0.416 e. The Morgan fingerprint density at radius 2 is 1.95 bits per heavy atom. The molecule has 0 aliphatic rings. The first-order valence-corrected chi connectivity index (χ1v) is 6.07.